The van der Waals surface area contributed by atoms with Crippen LogP contribution in [0.2, 0.25) is 0 Å². The normalized spacial score (nSPS) is 20.2. The van der Waals surface area contributed by atoms with Crippen LogP contribution in [0.1, 0.15) is 41.5 Å². The van der Waals surface area contributed by atoms with Crippen molar-refractivity contribution in [2.24, 2.45) is 0 Å². The van der Waals surface area contributed by atoms with E-state index in [1.807, 2.05) is 23.7 Å². The molecule has 2 aromatic rings. The first-order valence-electron chi connectivity index (χ1n) is 6.35. The van der Waals surface area contributed by atoms with E-state index in [4.69, 9.17) is 4.74 Å². The average molecular weight is 244 g/mol. The van der Waals surface area contributed by atoms with Gasteiger partial charge in [-0.25, -0.2) is 4.68 Å². The molecule has 1 unspecified atom stereocenters. The molecule has 2 heterocycles. The van der Waals surface area contributed by atoms with Crippen molar-refractivity contribution in [3.63, 3.8) is 0 Å². The van der Waals surface area contributed by atoms with E-state index in [1.54, 1.807) is 0 Å². The van der Waals surface area contributed by atoms with Gasteiger partial charge < -0.3 is 4.74 Å². The smallest absolute Gasteiger partial charge is 0.170 e. The zero-order chi connectivity index (χ0) is 12.5. The second-order valence-corrected chi connectivity index (χ2v) is 4.79. The summed E-state index contributed by atoms with van der Waals surface area (Å²) in [7, 11) is 0. The minimum absolute atomic E-state index is 0.0308. The first kappa shape index (κ1) is 11.4. The van der Waals surface area contributed by atoms with E-state index in [2.05, 4.69) is 11.2 Å². The zero-order valence-corrected chi connectivity index (χ0v) is 10.4. The van der Waals surface area contributed by atoms with Gasteiger partial charge in [0, 0.05) is 12.0 Å². The summed E-state index contributed by atoms with van der Waals surface area (Å²) < 4.78 is 7.62. The highest BCUT2D eigenvalue weighted by Gasteiger charge is 2.20. The summed E-state index contributed by atoms with van der Waals surface area (Å²) in [4.78, 5) is 11.1. The molecular formula is C14H16N2O2. The van der Waals surface area contributed by atoms with Gasteiger partial charge in [-0.1, -0.05) is 12.1 Å². The quantitative estimate of drug-likeness (QED) is 0.763. The van der Waals surface area contributed by atoms with Crippen LogP contribution in [0, 0.1) is 6.92 Å². The molecule has 1 saturated heterocycles. The number of aldehydes is 1. The molecule has 0 radical (unpaired) electrons. The second-order valence-electron chi connectivity index (χ2n) is 4.79. The van der Waals surface area contributed by atoms with Crippen molar-refractivity contribution in [2.45, 2.75) is 32.4 Å². The summed E-state index contributed by atoms with van der Waals surface area (Å²) in [5.74, 6) is 0. The van der Waals surface area contributed by atoms with Crippen molar-refractivity contribution in [3.8, 4) is 0 Å². The molecule has 1 aliphatic heterocycles. The number of rotatable bonds is 2. The number of carbonyl (C=O) groups is 1. The van der Waals surface area contributed by atoms with Gasteiger partial charge in [-0.2, -0.15) is 5.10 Å². The van der Waals surface area contributed by atoms with E-state index in [9.17, 15) is 4.79 Å². The molecule has 3 rings (SSSR count). The average Bonchev–Trinajstić information content (AvgIpc) is 2.77. The number of carbonyl (C=O) groups excluding carboxylic acids is 1. The highest BCUT2D eigenvalue weighted by molar-refractivity contribution is 5.95. The Morgan fingerprint density at radius 1 is 1.44 bits per heavy atom. The van der Waals surface area contributed by atoms with Crippen LogP contribution >= 0.6 is 0 Å². The fraction of sp³-hybridized carbons (Fsp3) is 0.429. The van der Waals surface area contributed by atoms with E-state index >= 15 is 0 Å². The molecule has 0 spiro atoms. The van der Waals surface area contributed by atoms with Crippen molar-refractivity contribution >= 4 is 17.2 Å². The van der Waals surface area contributed by atoms with E-state index in [-0.39, 0.29) is 6.23 Å². The third-order valence-electron chi connectivity index (χ3n) is 3.43. The Kier molecular flexibility index (Phi) is 2.88. The van der Waals surface area contributed by atoms with Gasteiger partial charge in [0.2, 0.25) is 0 Å². The number of fused-ring (bicyclic) bond motifs is 1. The minimum Gasteiger partial charge on any atom is -0.356 e. The molecule has 1 aromatic heterocycles. The van der Waals surface area contributed by atoms with Crippen LogP contribution in [0.15, 0.2) is 18.2 Å². The van der Waals surface area contributed by atoms with Crippen LogP contribution < -0.4 is 0 Å². The first-order valence-corrected chi connectivity index (χ1v) is 6.35. The third kappa shape index (κ3) is 1.82. The summed E-state index contributed by atoms with van der Waals surface area (Å²) in [5.41, 5.74) is 2.65. The summed E-state index contributed by atoms with van der Waals surface area (Å²) in [5, 5.41) is 5.30. The molecular weight excluding hydrogens is 228 g/mol. The predicted molar refractivity (Wildman–Crippen MR) is 68.7 cm³/mol. The fourth-order valence-corrected chi connectivity index (χ4v) is 2.49. The monoisotopic (exact) mass is 244 g/mol. The summed E-state index contributed by atoms with van der Waals surface area (Å²) >= 11 is 0. The molecule has 0 amide bonds. The van der Waals surface area contributed by atoms with Gasteiger partial charge in [0.05, 0.1) is 5.52 Å². The number of aromatic nitrogens is 2. The van der Waals surface area contributed by atoms with Crippen molar-refractivity contribution in [2.75, 3.05) is 6.61 Å². The molecule has 0 aliphatic carbocycles. The topological polar surface area (TPSA) is 44.1 Å². The van der Waals surface area contributed by atoms with Crippen molar-refractivity contribution in [1.29, 1.82) is 0 Å². The van der Waals surface area contributed by atoms with Crippen molar-refractivity contribution < 1.29 is 9.53 Å². The Morgan fingerprint density at radius 2 is 2.33 bits per heavy atom. The lowest BCUT2D eigenvalue weighted by Gasteiger charge is -2.23. The van der Waals surface area contributed by atoms with E-state index in [0.717, 1.165) is 48.6 Å². The Labute approximate surface area is 106 Å². The molecule has 0 bridgehead atoms. The molecule has 94 valence electrons. The Balaban J connectivity index is 2.15. The lowest BCUT2D eigenvalue weighted by Crippen LogP contribution is -2.19. The maximum atomic E-state index is 11.1. The number of benzene rings is 1. The number of nitrogens with zero attached hydrogens (tertiary/aromatic N) is 2. The van der Waals surface area contributed by atoms with E-state index in [0.29, 0.717) is 5.69 Å². The zero-order valence-electron chi connectivity index (χ0n) is 10.4. The Bertz CT molecular complexity index is 583. The van der Waals surface area contributed by atoms with Crippen LogP contribution in [-0.4, -0.2) is 22.7 Å². The van der Waals surface area contributed by atoms with E-state index in [1.165, 1.54) is 0 Å². The maximum absolute atomic E-state index is 11.1. The predicted octanol–water partition coefficient (Wildman–Crippen LogP) is 2.86. The molecule has 18 heavy (non-hydrogen) atoms. The molecule has 1 fully saturated rings. The van der Waals surface area contributed by atoms with Gasteiger partial charge in [-0.05, 0) is 37.8 Å². The highest BCUT2D eigenvalue weighted by atomic mass is 16.5. The lowest BCUT2D eigenvalue weighted by molar-refractivity contribution is -0.0367. The number of hydrogen-bond acceptors (Lipinski definition) is 3. The fourth-order valence-electron chi connectivity index (χ4n) is 2.49. The van der Waals surface area contributed by atoms with Crippen molar-refractivity contribution in [3.05, 3.63) is 29.5 Å². The van der Waals surface area contributed by atoms with Crippen LogP contribution in [0.25, 0.3) is 10.9 Å². The summed E-state index contributed by atoms with van der Waals surface area (Å²) in [6, 6.07) is 6.02. The van der Waals surface area contributed by atoms with Gasteiger partial charge in [-0.15, -0.1) is 0 Å². The van der Waals surface area contributed by atoms with Gasteiger partial charge >= 0.3 is 0 Å². The molecule has 4 heteroatoms. The minimum atomic E-state index is -0.0308. The van der Waals surface area contributed by atoms with Gasteiger partial charge in [-0.3, -0.25) is 4.79 Å². The molecule has 1 aromatic carbocycles. The SMILES string of the molecule is Cc1ccc2c(C=O)nn(C3CCCCO3)c2c1. The number of hydrogen-bond donors (Lipinski definition) is 0. The third-order valence-corrected chi connectivity index (χ3v) is 3.43. The summed E-state index contributed by atoms with van der Waals surface area (Å²) in [6.07, 6.45) is 4.00. The summed E-state index contributed by atoms with van der Waals surface area (Å²) in [6.45, 7) is 2.81. The van der Waals surface area contributed by atoms with Crippen LogP contribution in [0.5, 0.6) is 0 Å². The Morgan fingerprint density at radius 3 is 3.06 bits per heavy atom. The number of ether oxygens (including phenoxy) is 1. The molecule has 0 N–H and O–H groups in total. The second kappa shape index (κ2) is 4.53. The Hall–Kier alpha value is -1.68. The highest BCUT2D eigenvalue weighted by Crippen LogP contribution is 2.28. The van der Waals surface area contributed by atoms with Crippen LogP contribution in [-0.2, 0) is 4.74 Å². The molecule has 0 saturated carbocycles. The van der Waals surface area contributed by atoms with Crippen LogP contribution in [0.4, 0.5) is 0 Å². The van der Waals surface area contributed by atoms with Gasteiger partial charge in [0.15, 0.2) is 12.5 Å². The van der Waals surface area contributed by atoms with Crippen LogP contribution in [0.3, 0.4) is 0 Å². The van der Waals surface area contributed by atoms with Gasteiger partial charge in [0.1, 0.15) is 5.69 Å². The molecule has 1 atom stereocenters. The first-order chi connectivity index (χ1) is 8.79. The standard InChI is InChI=1S/C14H16N2O2/c1-10-5-6-11-12(9-17)15-16(13(11)8-10)14-4-2-3-7-18-14/h5-6,8-9,14H,2-4,7H2,1H3. The van der Waals surface area contributed by atoms with E-state index < -0.39 is 0 Å². The largest absolute Gasteiger partial charge is 0.356 e. The maximum Gasteiger partial charge on any atom is 0.170 e. The van der Waals surface area contributed by atoms with Crippen molar-refractivity contribution in [1.82, 2.24) is 9.78 Å². The number of aryl methyl sites for hydroxylation is 1. The molecule has 1 aliphatic rings. The van der Waals surface area contributed by atoms with Gasteiger partial charge in [0.25, 0.3) is 0 Å². The molecule has 4 nitrogen and oxygen atoms in total. The lowest BCUT2D eigenvalue weighted by atomic mass is 10.1.